The summed E-state index contributed by atoms with van der Waals surface area (Å²) in [5.74, 6) is 1.72. The van der Waals surface area contributed by atoms with Gasteiger partial charge in [-0.05, 0) is 50.6 Å². The van der Waals surface area contributed by atoms with Crippen LogP contribution in [-0.4, -0.2) is 30.8 Å². The average Bonchev–Trinajstić information content (AvgIpc) is 2.65. The molecule has 0 amide bonds. The van der Waals surface area contributed by atoms with Crippen LogP contribution in [0.2, 0.25) is 0 Å². The van der Waals surface area contributed by atoms with Crippen molar-refractivity contribution in [1.29, 1.82) is 0 Å². The third kappa shape index (κ3) is 4.05. The molecule has 2 rings (SSSR count). The van der Waals surface area contributed by atoms with Crippen molar-refractivity contribution in [2.45, 2.75) is 65.2 Å². The van der Waals surface area contributed by atoms with Gasteiger partial charge in [-0.2, -0.15) is 0 Å². The van der Waals surface area contributed by atoms with E-state index in [1.54, 1.807) is 0 Å². The lowest BCUT2D eigenvalue weighted by Crippen LogP contribution is -2.43. The molecule has 1 saturated carbocycles. The van der Waals surface area contributed by atoms with E-state index in [4.69, 9.17) is 0 Å². The van der Waals surface area contributed by atoms with Crippen molar-refractivity contribution < 1.29 is 4.79 Å². The highest BCUT2D eigenvalue weighted by Crippen LogP contribution is 2.35. The molecule has 19 heavy (non-hydrogen) atoms. The van der Waals surface area contributed by atoms with Crippen LogP contribution in [-0.2, 0) is 4.79 Å². The second-order valence-corrected chi connectivity index (χ2v) is 7.25. The Labute approximate surface area is 118 Å². The molecule has 0 aromatic rings. The molecule has 1 aliphatic heterocycles. The molecule has 1 aliphatic carbocycles. The van der Waals surface area contributed by atoms with E-state index in [0.717, 1.165) is 31.2 Å². The van der Waals surface area contributed by atoms with Crippen LogP contribution in [0.5, 0.6) is 0 Å². The molecule has 1 saturated heterocycles. The topological polar surface area (TPSA) is 20.3 Å². The molecular weight excluding hydrogens is 234 g/mol. The number of piperidine rings is 1. The second kappa shape index (κ2) is 6.88. The van der Waals surface area contributed by atoms with E-state index in [2.05, 4.69) is 18.7 Å². The quantitative estimate of drug-likeness (QED) is 0.567. The third-order valence-electron chi connectivity index (χ3n) is 5.46. The van der Waals surface area contributed by atoms with Crippen LogP contribution < -0.4 is 0 Å². The molecule has 2 heteroatoms. The van der Waals surface area contributed by atoms with Gasteiger partial charge >= 0.3 is 0 Å². The number of carbonyl (C=O) groups is 1. The van der Waals surface area contributed by atoms with Crippen LogP contribution in [0.25, 0.3) is 0 Å². The van der Waals surface area contributed by atoms with Crippen molar-refractivity contribution in [3.8, 4) is 0 Å². The van der Waals surface area contributed by atoms with Gasteiger partial charge in [0.05, 0.1) is 0 Å². The molecule has 0 spiro atoms. The van der Waals surface area contributed by atoms with Gasteiger partial charge in [-0.1, -0.05) is 39.5 Å². The van der Waals surface area contributed by atoms with Crippen LogP contribution in [0.15, 0.2) is 0 Å². The van der Waals surface area contributed by atoms with Gasteiger partial charge in [0, 0.05) is 12.0 Å². The lowest BCUT2D eigenvalue weighted by Gasteiger charge is -2.39. The van der Waals surface area contributed by atoms with Crippen molar-refractivity contribution in [2.75, 3.05) is 19.6 Å². The predicted octanol–water partition coefficient (Wildman–Crippen LogP) is 3.89. The van der Waals surface area contributed by atoms with Crippen molar-refractivity contribution in [3.05, 3.63) is 0 Å². The zero-order chi connectivity index (χ0) is 13.7. The van der Waals surface area contributed by atoms with Gasteiger partial charge in [-0.15, -0.1) is 0 Å². The minimum atomic E-state index is -0.0127. The van der Waals surface area contributed by atoms with Crippen molar-refractivity contribution in [2.24, 2.45) is 17.3 Å². The highest BCUT2D eigenvalue weighted by molar-refractivity contribution is 5.59. The Morgan fingerprint density at radius 1 is 1.11 bits per heavy atom. The molecule has 1 heterocycles. The molecule has 110 valence electrons. The number of carbonyl (C=O) groups excluding carboxylic acids is 1. The summed E-state index contributed by atoms with van der Waals surface area (Å²) in [4.78, 5) is 14.2. The van der Waals surface area contributed by atoms with E-state index in [-0.39, 0.29) is 5.41 Å². The standard InChI is InChI=1S/C17H31NO/c1-15(2)16-7-11-18(12-8-16)13-17(14-19)9-5-3-4-6-10-17/h14-16H,3-13H2,1-2H3. The highest BCUT2D eigenvalue weighted by atomic mass is 16.1. The Balaban J connectivity index is 1.87. The first-order chi connectivity index (χ1) is 9.15. The maximum Gasteiger partial charge on any atom is 0.127 e. The smallest absolute Gasteiger partial charge is 0.127 e. The molecule has 2 aliphatic rings. The fourth-order valence-corrected chi connectivity index (χ4v) is 3.97. The summed E-state index contributed by atoms with van der Waals surface area (Å²) >= 11 is 0. The van der Waals surface area contributed by atoms with Gasteiger partial charge in [0.2, 0.25) is 0 Å². The summed E-state index contributed by atoms with van der Waals surface area (Å²) in [6, 6.07) is 0. The Bertz CT molecular complexity index is 271. The largest absolute Gasteiger partial charge is 0.303 e. The van der Waals surface area contributed by atoms with Gasteiger partial charge < -0.3 is 9.69 Å². The molecule has 0 unspecified atom stereocenters. The van der Waals surface area contributed by atoms with Crippen molar-refractivity contribution in [3.63, 3.8) is 0 Å². The van der Waals surface area contributed by atoms with E-state index in [0.29, 0.717) is 0 Å². The van der Waals surface area contributed by atoms with E-state index < -0.39 is 0 Å². The van der Waals surface area contributed by atoms with Crippen molar-refractivity contribution >= 4 is 6.29 Å². The lowest BCUT2D eigenvalue weighted by molar-refractivity contribution is -0.118. The molecule has 0 radical (unpaired) electrons. The lowest BCUT2D eigenvalue weighted by atomic mass is 9.80. The number of hydrogen-bond donors (Lipinski definition) is 0. The number of rotatable bonds is 4. The maximum atomic E-state index is 11.7. The minimum absolute atomic E-state index is 0.0127. The van der Waals surface area contributed by atoms with Gasteiger partial charge in [-0.3, -0.25) is 0 Å². The predicted molar refractivity (Wildman–Crippen MR) is 80.2 cm³/mol. The summed E-state index contributed by atoms with van der Waals surface area (Å²) in [5.41, 5.74) is -0.0127. The summed E-state index contributed by atoms with van der Waals surface area (Å²) < 4.78 is 0. The second-order valence-electron chi connectivity index (χ2n) is 7.25. The molecule has 0 aromatic heterocycles. The van der Waals surface area contributed by atoms with Crippen molar-refractivity contribution in [1.82, 2.24) is 4.90 Å². The number of aldehydes is 1. The monoisotopic (exact) mass is 265 g/mol. The van der Waals surface area contributed by atoms with Gasteiger partial charge in [-0.25, -0.2) is 0 Å². The van der Waals surface area contributed by atoms with Crippen LogP contribution >= 0.6 is 0 Å². The summed E-state index contributed by atoms with van der Waals surface area (Å²) in [6.07, 6.45) is 11.4. The first-order valence-electron chi connectivity index (χ1n) is 8.34. The van der Waals surface area contributed by atoms with E-state index >= 15 is 0 Å². The Hall–Kier alpha value is -0.370. The molecule has 0 N–H and O–H groups in total. The first kappa shape index (κ1) is 15.0. The summed E-state index contributed by atoms with van der Waals surface area (Å²) in [5, 5.41) is 0. The van der Waals surface area contributed by atoms with Gasteiger partial charge in [0.1, 0.15) is 6.29 Å². The molecule has 0 atom stereocenters. The summed E-state index contributed by atoms with van der Waals surface area (Å²) in [7, 11) is 0. The molecule has 2 nitrogen and oxygen atoms in total. The van der Waals surface area contributed by atoms with Crippen LogP contribution in [0, 0.1) is 17.3 Å². The van der Waals surface area contributed by atoms with E-state index in [1.165, 1.54) is 57.9 Å². The van der Waals surface area contributed by atoms with Gasteiger partial charge in [0.25, 0.3) is 0 Å². The Morgan fingerprint density at radius 3 is 2.16 bits per heavy atom. The van der Waals surface area contributed by atoms with Gasteiger partial charge in [0.15, 0.2) is 0 Å². The van der Waals surface area contributed by atoms with Crippen LogP contribution in [0.4, 0.5) is 0 Å². The number of likely N-dealkylation sites (tertiary alicyclic amines) is 1. The first-order valence-corrected chi connectivity index (χ1v) is 8.34. The van der Waals surface area contributed by atoms with E-state index in [1.807, 2.05) is 0 Å². The molecule has 0 aromatic carbocycles. The van der Waals surface area contributed by atoms with Crippen LogP contribution in [0.3, 0.4) is 0 Å². The SMILES string of the molecule is CC(C)C1CCN(CC2(C=O)CCCCCC2)CC1. The maximum absolute atomic E-state index is 11.7. The zero-order valence-electron chi connectivity index (χ0n) is 12.9. The molecular formula is C17H31NO. The Kier molecular flexibility index (Phi) is 5.44. The van der Waals surface area contributed by atoms with E-state index in [9.17, 15) is 4.79 Å². The zero-order valence-corrected chi connectivity index (χ0v) is 12.9. The normalized spacial score (nSPS) is 26.3. The fraction of sp³-hybridized carbons (Fsp3) is 0.941. The Morgan fingerprint density at radius 2 is 1.68 bits per heavy atom. The number of nitrogens with zero attached hydrogens (tertiary/aromatic N) is 1. The average molecular weight is 265 g/mol. The number of hydrogen-bond acceptors (Lipinski definition) is 2. The fourth-order valence-electron chi connectivity index (χ4n) is 3.97. The van der Waals surface area contributed by atoms with Crippen LogP contribution in [0.1, 0.15) is 65.2 Å². The summed E-state index contributed by atoms with van der Waals surface area (Å²) in [6.45, 7) is 8.13. The molecule has 2 fully saturated rings. The minimum Gasteiger partial charge on any atom is -0.303 e. The molecule has 0 bridgehead atoms. The highest BCUT2D eigenvalue weighted by Gasteiger charge is 2.34. The third-order valence-corrected chi connectivity index (χ3v) is 5.46.